The second kappa shape index (κ2) is 4.86. The van der Waals surface area contributed by atoms with E-state index in [0.717, 1.165) is 30.1 Å². The van der Waals surface area contributed by atoms with Crippen molar-refractivity contribution < 1.29 is 5.11 Å². The first-order valence-electron chi connectivity index (χ1n) is 5.21. The van der Waals surface area contributed by atoms with Gasteiger partial charge in [0.1, 0.15) is 0 Å². The minimum absolute atomic E-state index is 0.0931. The Bertz CT molecular complexity index is 332. The van der Waals surface area contributed by atoms with Crippen LogP contribution in [0.15, 0.2) is 18.5 Å². The van der Waals surface area contributed by atoms with E-state index in [1.165, 1.54) is 0 Å². The van der Waals surface area contributed by atoms with Crippen LogP contribution in [0, 0.1) is 0 Å². The van der Waals surface area contributed by atoms with Gasteiger partial charge in [-0.25, -0.2) is 0 Å². The number of hydrogen-bond donors (Lipinski definition) is 1. The van der Waals surface area contributed by atoms with Crippen molar-refractivity contribution in [2.75, 3.05) is 23.7 Å². The van der Waals surface area contributed by atoms with Crippen LogP contribution in [-0.2, 0) is 6.61 Å². The van der Waals surface area contributed by atoms with Crippen molar-refractivity contribution in [3.8, 4) is 0 Å². The summed E-state index contributed by atoms with van der Waals surface area (Å²) in [6.07, 6.45) is 3.59. The van der Waals surface area contributed by atoms with E-state index in [1.807, 2.05) is 24.0 Å². The minimum atomic E-state index is 0.0931. The molecule has 2 heterocycles. The smallest absolute Gasteiger partial charge is 0.0703 e. The molecule has 0 spiro atoms. The Morgan fingerprint density at radius 3 is 3.27 bits per heavy atom. The monoisotopic (exact) mass is 224 g/mol. The Balaban J connectivity index is 2.20. The molecule has 15 heavy (non-hydrogen) atoms. The van der Waals surface area contributed by atoms with E-state index in [0.29, 0.717) is 5.25 Å². The van der Waals surface area contributed by atoms with Crippen LogP contribution < -0.4 is 4.90 Å². The van der Waals surface area contributed by atoms with Gasteiger partial charge in [-0.05, 0) is 6.07 Å². The summed E-state index contributed by atoms with van der Waals surface area (Å²) in [4.78, 5) is 6.45. The largest absolute Gasteiger partial charge is 0.392 e. The number of aromatic nitrogens is 1. The number of nitrogens with zero attached hydrogens (tertiary/aromatic N) is 2. The molecule has 0 saturated carbocycles. The molecule has 1 aromatic rings. The molecule has 0 radical (unpaired) electrons. The highest BCUT2D eigenvalue weighted by molar-refractivity contribution is 8.00. The highest BCUT2D eigenvalue weighted by Gasteiger charge is 2.18. The van der Waals surface area contributed by atoms with Crippen LogP contribution in [0.1, 0.15) is 12.5 Å². The molecule has 1 fully saturated rings. The zero-order valence-corrected chi connectivity index (χ0v) is 9.70. The zero-order chi connectivity index (χ0) is 10.7. The topological polar surface area (TPSA) is 36.4 Å². The van der Waals surface area contributed by atoms with Gasteiger partial charge in [-0.15, -0.1) is 0 Å². The van der Waals surface area contributed by atoms with E-state index in [2.05, 4.69) is 16.8 Å². The van der Waals surface area contributed by atoms with Gasteiger partial charge in [-0.3, -0.25) is 4.98 Å². The van der Waals surface area contributed by atoms with Crippen molar-refractivity contribution >= 4 is 17.4 Å². The molecule has 3 nitrogen and oxygen atoms in total. The molecule has 1 atom stereocenters. The number of aliphatic hydroxyl groups is 1. The summed E-state index contributed by atoms with van der Waals surface area (Å²) in [5, 5.41) is 9.91. The van der Waals surface area contributed by atoms with Crippen LogP contribution in [0.25, 0.3) is 0 Å². The molecular formula is C11H16N2OS. The lowest BCUT2D eigenvalue weighted by Crippen LogP contribution is -2.37. The van der Waals surface area contributed by atoms with Crippen LogP contribution in [0.4, 0.5) is 5.69 Å². The average Bonchev–Trinajstić information content (AvgIpc) is 2.29. The van der Waals surface area contributed by atoms with E-state index in [-0.39, 0.29) is 6.61 Å². The van der Waals surface area contributed by atoms with Crippen molar-refractivity contribution in [2.24, 2.45) is 0 Å². The normalized spacial score (nSPS) is 21.7. The maximum Gasteiger partial charge on any atom is 0.0703 e. The molecular weight excluding hydrogens is 208 g/mol. The molecule has 2 rings (SSSR count). The van der Waals surface area contributed by atoms with Crippen LogP contribution in [0.2, 0.25) is 0 Å². The van der Waals surface area contributed by atoms with Crippen LogP contribution >= 0.6 is 11.8 Å². The molecule has 4 heteroatoms. The average molecular weight is 224 g/mol. The zero-order valence-electron chi connectivity index (χ0n) is 8.89. The quantitative estimate of drug-likeness (QED) is 0.826. The van der Waals surface area contributed by atoms with E-state index < -0.39 is 0 Å². The predicted molar refractivity (Wildman–Crippen MR) is 64.3 cm³/mol. The first-order chi connectivity index (χ1) is 7.31. The first-order valence-corrected chi connectivity index (χ1v) is 6.26. The molecule has 1 aliphatic heterocycles. The number of anilines is 1. The Labute approximate surface area is 94.5 Å². The van der Waals surface area contributed by atoms with Gasteiger partial charge in [0, 0.05) is 35.9 Å². The SMILES string of the molecule is CC1CN(c2cnccc2CO)CCS1. The van der Waals surface area contributed by atoms with E-state index >= 15 is 0 Å². The number of hydrogen-bond acceptors (Lipinski definition) is 4. The summed E-state index contributed by atoms with van der Waals surface area (Å²) < 4.78 is 0. The second-order valence-corrected chi connectivity index (χ2v) is 5.34. The molecule has 1 aromatic heterocycles. The number of rotatable bonds is 2. The van der Waals surface area contributed by atoms with Gasteiger partial charge in [-0.2, -0.15) is 11.8 Å². The fourth-order valence-electron chi connectivity index (χ4n) is 1.87. The molecule has 0 amide bonds. The number of thioether (sulfide) groups is 1. The molecule has 0 bridgehead atoms. The first kappa shape index (κ1) is 10.8. The van der Waals surface area contributed by atoms with E-state index in [4.69, 9.17) is 0 Å². The van der Waals surface area contributed by atoms with Gasteiger partial charge in [0.05, 0.1) is 18.5 Å². The Hall–Kier alpha value is -0.740. The lowest BCUT2D eigenvalue weighted by atomic mass is 10.2. The van der Waals surface area contributed by atoms with Crippen molar-refractivity contribution in [1.82, 2.24) is 4.98 Å². The fourth-order valence-corrected chi connectivity index (χ4v) is 2.88. The number of pyridine rings is 1. The third-order valence-corrected chi connectivity index (χ3v) is 3.78. The summed E-state index contributed by atoms with van der Waals surface area (Å²) in [5.74, 6) is 1.15. The predicted octanol–water partition coefficient (Wildman–Crippen LogP) is 1.52. The Morgan fingerprint density at radius 2 is 2.53 bits per heavy atom. The van der Waals surface area contributed by atoms with Gasteiger partial charge in [0.25, 0.3) is 0 Å². The molecule has 1 aliphatic rings. The summed E-state index contributed by atoms with van der Waals surface area (Å²) in [6.45, 7) is 4.43. The third-order valence-electron chi connectivity index (χ3n) is 2.64. The van der Waals surface area contributed by atoms with Gasteiger partial charge in [0.15, 0.2) is 0 Å². The summed E-state index contributed by atoms with van der Waals surface area (Å²) >= 11 is 2.01. The maximum atomic E-state index is 9.26. The molecule has 1 N–H and O–H groups in total. The number of aliphatic hydroxyl groups excluding tert-OH is 1. The second-order valence-electron chi connectivity index (χ2n) is 3.79. The van der Waals surface area contributed by atoms with Gasteiger partial charge < -0.3 is 10.0 Å². The highest BCUT2D eigenvalue weighted by Crippen LogP contribution is 2.25. The molecule has 82 valence electrons. The third kappa shape index (κ3) is 2.44. The van der Waals surface area contributed by atoms with Crippen molar-refractivity contribution in [2.45, 2.75) is 18.8 Å². The highest BCUT2D eigenvalue weighted by atomic mass is 32.2. The fraction of sp³-hybridized carbons (Fsp3) is 0.545. The Morgan fingerprint density at radius 1 is 1.67 bits per heavy atom. The molecule has 0 aromatic carbocycles. The lowest BCUT2D eigenvalue weighted by Gasteiger charge is -2.33. The van der Waals surface area contributed by atoms with Crippen LogP contribution in [-0.4, -0.2) is 34.2 Å². The minimum Gasteiger partial charge on any atom is -0.392 e. The van der Waals surface area contributed by atoms with Gasteiger partial charge in [0.2, 0.25) is 0 Å². The van der Waals surface area contributed by atoms with Crippen LogP contribution in [0.5, 0.6) is 0 Å². The van der Waals surface area contributed by atoms with Crippen molar-refractivity contribution in [3.05, 3.63) is 24.0 Å². The van der Waals surface area contributed by atoms with E-state index in [9.17, 15) is 5.11 Å². The van der Waals surface area contributed by atoms with Gasteiger partial charge >= 0.3 is 0 Å². The lowest BCUT2D eigenvalue weighted by molar-refractivity contribution is 0.282. The van der Waals surface area contributed by atoms with Crippen molar-refractivity contribution in [3.63, 3.8) is 0 Å². The van der Waals surface area contributed by atoms with E-state index in [1.54, 1.807) is 6.20 Å². The summed E-state index contributed by atoms with van der Waals surface area (Å²) in [7, 11) is 0. The van der Waals surface area contributed by atoms with Crippen molar-refractivity contribution in [1.29, 1.82) is 0 Å². The standard InChI is InChI=1S/C11H16N2OS/c1-9-7-13(4-5-15-9)11-6-12-3-2-10(11)8-14/h2-3,6,9,14H,4-5,7-8H2,1H3. The summed E-state index contributed by atoms with van der Waals surface area (Å²) in [5.41, 5.74) is 2.07. The Kier molecular flexibility index (Phi) is 3.49. The molecule has 1 unspecified atom stereocenters. The molecule has 1 saturated heterocycles. The van der Waals surface area contributed by atoms with Crippen LogP contribution in [0.3, 0.4) is 0 Å². The molecule has 0 aliphatic carbocycles. The summed E-state index contributed by atoms with van der Waals surface area (Å²) in [6, 6.07) is 1.89. The van der Waals surface area contributed by atoms with Gasteiger partial charge in [-0.1, -0.05) is 6.92 Å². The maximum absolute atomic E-state index is 9.26.